The van der Waals surface area contributed by atoms with Crippen molar-refractivity contribution in [3.63, 3.8) is 0 Å². The van der Waals surface area contributed by atoms with E-state index in [4.69, 9.17) is 4.74 Å². The van der Waals surface area contributed by atoms with Crippen LogP contribution in [0.5, 0.6) is 0 Å². The van der Waals surface area contributed by atoms with Crippen LogP contribution in [-0.2, 0) is 16.0 Å². The summed E-state index contributed by atoms with van der Waals surface area (Å²) >= 11 is 1.77. The molecule has 0 saturated carbocycles. The minimum atomic E-state index is -0.0358. The number of hydrogen-bond acceptors (Lipinski definition) is 3. The number of ether oxygens (including phenoxy) is 1. The lowest BCUT2D eigenvalue weighted by atomic mass is 10.0. The van der Waals surface area contributed by atoms with E-state index in [9.17, 15) is 4.79 Å². The Kier molecular flexibility index (Phi) is 4.32. The largest absolute Gasteiger partial charge is 0.376 e. The van der Waals surface area contributed by atoms with Crippen LogP contribution in [0.1, 0.15) is 29.2 Å². The molecule has 0 aromatic heterocycles. The van der Waals surface area contributed by atoms with Gasteiger partial charge in [-0.1, -0.05) is 24.3 Å². The van der Waals surface area contributed by atoms with Gasteiger partial charge in [0.1, 0.15) is 5.25 Å². The van der Waals surface area contributed by atoms with Crippen molar-refractivity contribution in [2.75, 3.05) is 26.0 Å². The lowest BCUT2D eigenvalue weighted by Crippen LogP contribution is -2.37. The Hall–Kier alpha value is -1.00. The van der Waals surface area contributed by atoms with Gasteiger partial charge in [-0.15, -0.1) is 11.8 Å². The van der Waals surface area contributed by atoms with Gasteiger partial charge in [0.25, 0.3) is 0 Å². The molecule has 2 heterocycles. The lowest BCUT2D eigenvalue weighted by molar-refractivity contribution is -0.130. The highest BCUT2D eigenvalue weighted by Gasteiger charge is 2.30. The molecule has 3 nitrogen and oxygen atoms in total. The van der Waals surface area contributed by atoms with Gasteiger partial charge in [0.05, 0.1) is 6.10 Å². The van der Waals surface area contributed by atoms with Crippen molar-refractivity contribution in [2.45, 2.75) is 30.6 Å². The summed E-state index contributed by atoms with van der Waals surface area (Å²) in [5.41, 5.74) is 2.53. The lowest BCUT2D eigenvalue weighted by Gasteiger charge is -2.29. The molecule has 0 N–H and O–H groups in total. The second kappa shape index (κ2) is 6.19. The highest BCUT2D eigenvalue weighted by Crippen LogP contribution is 2.37. The number of amides is 1. The quantitative estimate of drug-likeness (QED) is 0.857. The number of nitrogens with zero attached hydrogens (tertiary/aromatic N) is 1. The second-order valence-corrected chi connectivity index (χ2v) is 6.77. The predicted octanol–water partition coefficient (Wildman–Crippen LogP) is 2.65. The van der Waals surface area contributed by atoms with Crippen molar-refractivity contribution in [3.05, 3.63) is 35.4 Å². The van der Waals surface area contributed by atoms with Crippen LogP contribution < -0.4 is 0 Å². The molecule has 1 aromatic carbocycles. The Morgan fingerprint density at radius 3 is 3.10 bits per heavy atom. The van der Waals surface area contributed by atoms with E-state index in [1.54, 1.807) is 11.8 Å². The van der Waals surface area contributed by atoms with Crippen LogP contribution in [0.3, 0.4) is 0 Å². The maximum absolute atomic E-state index is 12.7. The smallest absolute Gasteiger partial charge is 0.240 e. The number of thioether (sulfide) groups is 1. The maximum Gasteiger partial charge on any atom is 0.240 e. The number of likely N-dealkylation sites (N-methyl/N-ethyl adjacent to an activating group) is 1. The van der Waals surface area contributed by atoms with E-state index in [1.807, 2.05) is 18.0 Å². The van der Waals surface area contributed by atoms with E-state index in [2.05, 4.69) is 18.2 Å². The minimum Gasteiger partial charge on any atom is -0.376 e. The second-order valence-electron chi connectivity index (χ2n) is 5.55. The molecule has 0 aliphatic carbocycles. The first-order chi connectivity index (χ1) is 9.75. The molecule has 1 fully saturated rings. The van der Waals surface area contributed by atoms with Crippen LogP contribution >= 0.6 is 11.8 Å². The molecule has 0 bridgehead atoms. The number of carbonyl (C=O) groups is 1. The zero-order valence-electron chi connectivity index (χ0n) is 11.9. The molecular formula is C16H21NO2S. The fraction of sp³-hybridized carbons (Fsp3) is 0.562. The van der Waals surface area contributed by atoms with E-state index in [1.165, 1.54) is 11.1 Å². The third-order valence-electron chi connectivity index (χ3n) is 4.10. The Morgan fingerprint density at radius 2 is 2.30 bits per heavy atom. The fourth-order valence-electron chi connectivity index (χ4n) is 2.98. The summed E-state index contributed by atoms with van der Waals surface area (Å²) in [5, 5.41) is -0.0358. The van der Waals surface area contributed by atoms with Crippen LogP contribution in [0.15, 0.2) is 24.3 Å². The van der Waals surface area contributed by atoms with Crippen LogP contribution in [0.2, 0.25) is 0 Å². The molecule has 1 aromatic rings. The minimum absolute atomic E-state index is 0.0358. The van der Waals surface area contributed by atoms with Gasteiger partial charge in [0, 0.05) is 20.2 Å². The summed E-state index contributed by atoms with van der Waals surface area (Å²) in [5.74, 6) is 1.25. The van der Waals surface area contributed by atoms with Gasteiger partial charge < -0.3 is 9.64 Å². The summed E-state index contributed by atoms with van der Waals surface area (Å²) < 4.78 is 5.63. The SMILES string of the molecule is CN(CC1CCCO1)C(=O)C1SCCc2ccccc21. The Balaban J connectivity index is 1.70. The molecule has 20 heavy (non-hydrogen) atoms. The molecule has 2 unspecified atom stereocenters. The van der Waals surface area contributed by atoms with Crippen LogP contribution in [0.25, 0.3) is 0 Å². The molecule has 4 heteroatoms. The standard InChI is InChI=1S/C16H21NO2S/c1-17(11-13-6-4-9-19-13)16(18)15-14-7-3-2-5-12(14)8-10-20-15/h2-3,5,7,13,15H,4,6,8-11H2,1H3. The molecule has 0 radical (unpaired) electrons. The summed E-state index contributed by atoms with van der Waals surface area (Å²) in [6, 6.07) is 8.34. The summed E-state index contributed by atoms with van der Waals surface area (Å²) in [4.78, 5) is 14.6. The van der Waals surface area contributed by atoms with Crippen molar-refractivity contribution < 1.29 is 9.53 Å². The zero-order valence-corrected chi connectivity index (χ0v) is 12.7. The summed E-state index contributed by atoms with van der Waals surface area (Å²) in [7, 11) is 1.90. The fourth-order valence-corrected chi connectivity index (χ4v) is 4.29. The first-order valence-electron chi connectivity index (χ1n) is 7.31. The summed E-state index contributed by atoms with van der Waals surface area (Å²) in [6.45, 7) is 1.56. The number of benzene rings is 1. The Bertz CT molecular complexity index is 485. The topological polar surface area (TPSA) is 29.5 Å². The third kappa shape index (κ3) is 2.86. The number of hydrogen-bond donors (Lipinski definition) is 0. The zero-order chi connectivity index (χ0) is 13.9. The van der Waals surface area contributed by atoms with E-state index < -0.39 is 0 Å². The average molecular weight is 291 g/mol. The molecule has 108 valence electrons. The van der Waals surface area contributed by atoms with Crippen molar-refractivity contribution in [1.82, 2.24) is 4.90 Å². The van der Waals surface area contributed by atoms with E-state index in [0.29, 0.717) is 0 Å². The highest BCUT2D eigenvalue weighted by molar-refractivity contribution is 8.00. The Morgan fingerprint density at radius 1 is 1.45 bits per heavy atom. The molecule has 1 amide bonds. The van der Waals surface area contributed by atoms with E-state index >= 15 is 0 Å². The van der Waals surface area contributed by atoms with Gasteiger partial charge in [0.15, 0.2) is 0 Å². The first kappa shape index (κ1) is 14.0. The number of rotatable bonds is 3. The molecule has 0 spiro atoms. The third-order valence-corrected chi connectivity index (χ3v) is 5.32. The van der Waals surface area contributed by atoms with Gasteiger partial charge in [-0.2, -0.15) is 0 Å². The molecular weight excluding hydrogens is 270 g/mol. The van der Waals surface area contributed by atoms with Crippen LogP contribution in [0, 0.1) is 0 Å². The van der Waals surface area contributed by atoms with E-state index in [0.717, 1.165) is 38.2 Å². The molecule has 3 rings (SSSR count). The highest BCUT2D eigenvalue weighted by atomic mass is 32.2. The summed E-state index contributed by atoms with van der Waals surface area (Å²) in [6.07, 6.45) is 3.49. The van der Waals surface area contributed by atoms with Crippen LogP contribution in [-0.4, -0.2) is 42.9 Å². The van der Waals surface area contributed by atoms with Gasteiger partial charge in [-0.3, -0.25) is 4.79 Å². The van der Waals surface area contributed by atoms with Crippen molar-refractivity contribution in [1.29, 1.82) is 0 Å². The van der Waals surface area contributed by atoms with Crippen molar-refractivity contribution in [2.24, 2.45) is 0 Å². The number of carbonyl (C=O) groups excluding carboxylic acids is 1. The predicted molar refractivity (Wildman–Crippen MR) is 82.0 cm³/mol. The average Bonchev–Trinajstić information content (AvgIpc) is 2.99. The van der Waals surface area contributed by atoms with Gasteiger partial charge >= 0.3 is 0 Å². The van der Waals surface area contributed by atoms with Gasteiger partial charge in [0.2, 0.25) is 5.91 Å². The monoisotopic (exact) mass is 291 g/mol. The molecule has 1 saturated heterocycles. The normalized spacial score (nSPS) is 25.2. The first-order valence-corrected chi connectivity index (χ1v) is 8.36. The molecule has 2 aliphatic rings. The van der Waals surface area contributed by atoms with Crippen LogP contribution in [0.4, 0.5) is 0 Å². The maximum atomic E-state index is 12.7. The number of fused-ring (bicyclic) bond motifs is 1. The molecule has 2 aliphatic heterocycles. The van der Waals surface area contributed by atoms with Crippen molar-refractivity contribution in [3.8, 4) is 0 Å². The van der Waals surface area contributed by atoms with E-state index in [-0.39, 0.29) is 17.3 Å². The Labute approximate surface area is 124 Å². The van der Waals surface area contributed by atoms with Gasteiger partial charge in [-0.25, -0.2) is 0 Å². The molecule has 2 atom stereocenters. The van der Waals surface area contributed by atoms with Crippen molar-refractivity contribution >= 4 is 17.7 Å². The number of aryl methyl sites for hydroxylation is 1. The van der Waals surface area contributed by atoms with Gasteiger partial charge in [-0.05, 0) is 36.1 Å².